The van der Waals surface area contributed by atoms with Crippen molar-refractivity contribution in [2.24, 2.45) is 0 Å². The molecule has 3 aromatic rings. The van der Waals surface area contributed by atoms with Gasteiger partial charge in [0, 0.05) is 24.2 Å². The van der Waals surface area contributed by atoms with Gasteiger partial charge in [0.2, 0.25) is 0 Å². The van der Waals surface area contributed by atoms with Crippen LogP contribution >= 0.6 is 0 Å². The molecule has 1 amide bonds. The molecule has 2 aromatic carbocycles. The normalized spacial score (nSPS) is 22.9. The lowest BCUT2D eigenvalue weighted by atomic mass is 10.0. The maximum Gasteiger partial charge on any atom is 0.269 e. The molecule has 0 spiro atoms. The number of ether oxygens (including phenoxy) is 1. The van der Waals surface area contributed by atoms with Gasteiger partial charge in [-0.2, -0.15) is 5.10 Å². The second-order valence-corrected chi connectivity index (χ2v) is 8.62. The first-order chi connectivity index (χ1) is 15.2. The monoisotopic (exact) mass is 416 g/mol. The Morgan fingerprint density at radius 1 is 1.10 bits per heavy atom. The molecule has 2 atom stereocenters. The molecule has 2 bridgehead atoms. The Kier molecular flexibility index (Phi) is 5.47. The summed E-state index contributed by atoms with van der Waals surface area (Å²) < 4.78 is 6.31. The Labute approximate surface area is 182 Å². The topological polar surface area (TPSA) is 70.2 Å². The first-order valence-corrected chi connectivity index (χ1v) is 11.0. The summed E-state index contributed by atoms with van der Waals surface area (Å²) in [5, 5.41) is 10.1. The number of amides is 1. The van der Waals surface area contributed by atoms with Gasteiger partial charge >= 0.3 is 0 Å². The molecule has 0 saturated carbocycles. The highest BCUT2D eigenvalue weighted by molar-refractivity contribution is 5.93. The summed E-state index contributed by atoms with van der Waals surface area (Å²) >= 11 is 0. The third-order valence-electron chi connectivity index (χ3n) is 6.60. The van der Waals surface area contributed by atoms with Crippen LogP contribution < -0.4 is 10.1 Å². The molecule has 1 aromatic heterocycles. The third-order valence-corrected chi connectivity index (χ3v) is 6.60. The molecule has 0 radical (unpaired) electrons. The summed E-state index contributed by atoms with van der Waals surface area (Å²) in [7, 11) is 2.24. The number of H-pyrrole nitrogens is 1. The number of aromatic amines is 1. The molecule has 2 aliphatic rings. The second kappa shape index (κ2) is 8.55. The van der Waals surface area contributed by atoms with E-state index in [1.54, 1.807) is 6.07 Å². The van der Waals surface area contributed by atoms with E-state index in [0.29, 0.717) is 24.3 Å². The zero-order valence-corrected chi connectivity index (χ0v) is 17.8. The standard InChI is InChI=1S/C25H28N4O2/c1-29-19-10-11-20(29)14-22(13-19)31-21-9-5-6-17(12-21)16-26-25(30)24-15-23(27-28-24)18-7-3-2-4-8-18/h2-9,12,15,19-20,22H,10-11,13-14,16H2,1H3,(H,26,30)(H,27,28)/t19-,20-/m0/s1. The van der Waals surface area contributed by atoms with Crippen molar-refractivity contribution in [2.45, 2.75) is 50.4 Å². The van der Waals surface area contributed by atoms with E-state index in [2.05, 4.69) is 27.5 Å². The number of nitrogens with zero attached hydrogens (tertiary/aromatic N) is 2. The van der Waals surface area contributed by atoms with Crippen LogP contribution in [0.5, 0.6) is 5.75 Å². The van der Waals surface area contributed by atoms with E-state index in [-0.39, 0.29) is 12.0 Å². The zero-order valence-electron chi connectivity index (χ0n) is 17.8. The van der Waals surface area contributed by atoms with Gasteiger partial charge in [-0.05, 0) is 56.5 Å². The van der Waals surface area contributed by atoms with E-state index in [0.717, 1.165) is 35.4 Å². The zero-order chi connectivity index (χ0) is 21.2. The van der Waals surface area contributed by atoms with Crippen LogP contribution in [0.1, 0.15) is 41.7 Å². The number of nitrogens with one attached hydrogen (secondary N) is 2. The third kappa shape index (κ3) is 4.35. The summed E-state index contributed by atoms with van der Waals surface area (Å²) in [6, 6.07) is 20.9. The van der Waals surface area contributed by atoms with Crippen LogP contribution in [0.4, 0.5) is 0 Å². The summed E-state index contributed by atoms with van der Waals surface area (Å²) in [6.45, 7) is 0.439. The van der Waals surface area contributed by atoms with Crippen LogP contribution in [-0.2, 0) is 6.54 Å². The average Bonchev–Trinajstić information content (AvgIpc) is 3.35. The number of carbonyl (C=O) groups excluding carboxylic acids is 1. The minimum atomic E-state index is -0.173. The molecule has 2 fully saturated rings. The minimum absolute atomic E-state index is 0.173. The number of piperidine rings is 1. The molecule has 2 saturated heterocycles. The van der Waals surface area contributed by atoms with Gasteiger partial charge in [0.15, 0.2) is 0 Å². The van der Waals surface area contributed by atoms with Crippen LogP contribution in [0.15, 0.2) is 60.7 Å². The number of hydrogen-bond acceptors (Lipinski definition) is 4. The predicted molar refractivity (Wildman–Crippen MR) is 120 cm³/mol. The Bertz CT molecular complexity index is 1030. The second-order valence-electron chi connectivity index (χ2n) is 8.62. The van der Waals surface area contributed by atoms with Crippen LogP contribution in [-0.4, -0.2) is 46.2 Å². The summed E-state index contributed by atoms with van der Waals surface area (Å²) in [5.74, 6) is 0.710. The Hall–Kier alpha value is -3.12. The van der Waals surface area contributed by atoms with Crippen molar-refractivity contribution in [2.75, 3.05) is 7.05 Å². The van der Waals surface area contributed by atoms with Gasteiger partial charge in [0.05, 0.1) is 5.69 Å². The molecular weight excluding hydrogens is 388 g/mol. The van der Waals surface area contributed by atoms with Crippen LogP contribution in [0, 0.1) is 0 Å². The number of benzene rings is 2. The fourth-order valence-corrected chi connectivity index (χ4v) is 4.85. The molecule has 2 aliphatic heterocycles. The first kappa shape index (κ1) is 19.8. The summed E-state index contributed by atoms with van der Waals surface area (Å²) in [6.07, 6.45) is 5.04. The van der Waals surface area contributed by atoms with Crippen molar-refractivity contribution in [3.8, 4) is 17.0 Å². The number of rotatable bonds is 6. The van der Waals surface area contributed by atoms with Crippen molar-refractivity contribution in [3.63, 3.8) is 0 Å². The molecule has 6 nitrogen and oxygen atoms in total. The van der Waals surface area contributed by atoms with Gasteiger partial charge in [-0.25, -0.2) is 0 Å². The molecule has 31 heavy (non-hydrogen) atoms. The predicted octanol–water partition coefficient (Wildman–Crippen LogP) is 4.01. The molecule has 3 heterocycles. The lowest BCUT2D eigenvalue weighted by molar-refractivity contribution is 0.0661. The minimum Gasteiger partial charge on any atom is -0.490 e. The summed E-state index contributed by atoms with van der Waals surface area (Å²) in [5.41, 5.74) is 3.20. The van der Waals surface area contributed by atoms with Gasteiger partial charge in [-0.3, -0.25) is 9.89 Å². The number of carbonyl (C=O) groups is 1. The van der Waals surface area contributed by atoms with E-state index >= 15 is 0 Å². The van der Waals surface area contributed by atoms with Crippen molar-refractivity contribution in [3.05, 3.63) is 71.9 Å². The maximum absolute atomic E-state index is 12.6. The molecule has 160 valence electrons. The van der Waals surface area contributed by atoms with Crippen molar-refractivity contribution >= 4 is 5.91 Å². The quantitative estimate of drug-likeness (QED) is 0.637. The lowest BCUT2D eigenvalue weighted by Gasteiger charge is -2.36. The molecule has 2 N–H and O–H groups in total. The van der Waals surface area contributed by atoms with Crippen molar-refractivity contribution in [1.29, 1.82) is 0 Å². The van der Waals surface area contributed by atoms with Gasteiger partial charge in [-0.15, -0.1) is 0 Å². The number of hydrogen-bond donors (Lipinski definition) is 2. The highest BCUT2D eigenvalue weighted by Gasteiger charge is 2.39. The van der Waals surface area contributed by atoms with Crippen molar-refractivity contribution in [1.82, 2.24) is 20.4 Å². The largest absolute Gasteiger partial charge is 0.490 e. The Morgan fingerprint density at radius 2 is 1.87 bits per heavy atom. The van der Waals surface area contributed by atoms with Gasteiger partial charge in [0.1, 0.15) is 17.5 Å². The smallest absolute Gasteiger partial charge is 0.269 e. The molecule has 0 unspecified atom stereocenters. The SMILES string of the molecule is CN1[C@H]2CC[C@H]1CC(Oc1cccc(CNC(=O)c3cc(-c4ccccc4)n[nH]3)c1)C2. The lowest BCUT2D eigenvalue weighted by Crippen LogP contribution is -2.43. The van der Waals surface area contributed by atoms with Crippen LogP contribution in [0.3, 0.4) is 0 Å². The first-order valence-electron chi connectivity index (χ1n) is 11.0. The van der Waals surface area contributed by atoms with Gasteiger partial charge in [-0.1, -0.05) is 42.5 Å². The van der Waals surface area contributed by atoms with E-state index in [1.165, 1.54) is 12.8 Å². The summed E-state index contributed by atoms with van der Waals surface area (Å²) in [4.78, 5) is 15.1. The fourth-order valence-electron chi connectivity index (χ4n) is 4.85. The van der Waals surface area contributed by atoms with Gasteiger partial charge < -0.3 is 15.0 Å². The molecule has 6 heteroatoms. The van der Waals surface area contributed by atoms with E-state index < -0.39 is 0 Å². The highest BCUT2D eigenvalue weighted by atomic mass is 16.5. The van der Waals surface area contributed by atoms with E-state index in [9.17, 15) is 4.79 Å². The van der Waals surface area contributed by atoms with Crippen LogP contribution in [0.2, 0.25) is 0 Å². The average molecular weight is 417 g/mol. The van der Waals surface area contributed by atoms with E-state index in [1.807, 2.05) is 54.6 Å². The Morgan fingerprint density at radius 3 is 2.65 bits per heavy atom. The highest BCUT2D eigenvalue weighted by Crippen LogP contribution is 2.36. The van der Waals surface area contributed by atoms with Crippen LogP contribution in [0.25, 0.3) is 11.3 Å². The fraction of sp³-hybridized carbons (Fsp3) is 0.360. The Balaban J connectivity index is 1.18. The maximum atomic E-state index is 12.6. The molecule has 0 aliphatic carbocycles. The van der Waals surface area contributed by atoms with E-state index in [4.69, 9.17) is 4.74 Å². The number of aromatic nitrogens is 2. The molecule has 5 rings (SSSR count). The molecular formula is C25H28N4O2. The van der Waals surface area contributed by atoms with Crippen molar-refractivity contribution < 1.29 is 9.53 Å². The number of fused-ring (bicyclic) bond motifs is 2. The van der Waals surface area contributed by atoms with Gasteiger partial charge in [0.25, 0.3) is 5.91 Å².